The van der Waals surface area contributed by atoms with Crippen LogP contribution in [0, 0.1) is 17.8 Å². The molecule has 7 nitrogen and oxygen atoms in total. The van der Waals surface area contributed by atoms with E-state index < -0.39 is 29.9 Å². The van der Waals surface area contributed by atoms with Gasteiger partial charge in [-0.25, -0.2) is 9.59 Å². The Morgan fingerprint density at radius 3 is 1.92 bits per heavy atom. The summed E-state index contributed by atoms with van der Waals surface area (Å²) in [5, 5.41) is 12.0. The maximum absolute atomic E-state index is 12.2. The minimum absolute atomic E-state index is 0.168. The van der Waals surface area contributed by atoms with E-state index in [0.29, 0.717) is 6.42 Å². The summed E-state index contributed by atoms with van der Waals surface area (Å²) in [6, 6.07) is 0. The van der Waals surface area contributed by atoms with Gasteiger partial charge in [0.05, 0.1) is 5.92 Å². The smallest absolute Gasteiger partial charge is 0.411 e. The van der Waals surface area contributed by atoms with E-state index in [2.05, 4.69) is 5.32 Å². The number of hydrogen-bond acceptors (Lipinski definition) is 5. The van der Waals surface area contributed by atoms with Crippen LogP contribution in [0.3, 0.4) is 0 Å². The van der Waals surface area contributed by atoms with Crippen molar-refractivity contribution in [3.63, 3.8) is 0 Å². The van der Waals surface area contributed by atoms with E-state index in [4.69, 9.17) is 9.47 Å². The first-order valence-electron chi connectivity index (χ1n) is 8.89. The van der Waals surface area contributed by atoms with Gasteiger partial charge in [-0.05, 0) is 19.3 Å². The number of amides is 1. The molecule has 0 aromatic carbocycles. The summed E-state index contributed by atoms with van der Waals surface area (Å²) < 4.78 is 10.3. The van der Waals surface area contributed by atoms with Crippen molar-refractivity contribution in [2.45, 2.75) is 79.6 Å². The lowest BCUT2D eigenvalue weighted by Gasteiger charge is -2.30. The number of alkyl carbamates (subject to hydrolysis) is 1. The fourth-order valence-electron chi connectivity index (χ4n) is 2.25. The standard InChI is InChI=1S/C18H33NO6/c1-8-13(9-2)10-18(7,16(21)22)19-17(23)25-15(12(5)6)24-14(20)11(3)4/h11-13,15H,8-10H2,1-7H3,(H,19,23)(H,21,22)/t15-,18-/m0/s1. The molecule has 146 valence electrons. The molecule has 0 aromatic rings. The number of rotatable bonds is 10. The number of aliphatic carboxylic acids is 1. The highest BCUT2D eigenvalue weighted by molar-refractivity contribution is 5.84. The fourth-order valence-corrected chi connectivity index (χ4v) is 2.25. The number of ether oxygens (including phenoxy) is 2. The van der Waals surface area contributed by atoms with Crippen molar-refractivity contribution in [2.24, 2.45) is 17.8 Å². The molecule has 25 heavy (non-hydrogen) atoms. The first-order chi connectivity index (χ1) is 11.5. The Hall–Kier alpha value is -1.79. The lowest BCUT2D eigenvalue weighted by Crippen LogP contribution is -2.54. The van der Waals surface area contributed by atoms with Gasteiger partial charge in [-0.1, -0.05) is 54.4 Å². The monoisotopic (exact) mass is 359 g/mol. The van der Waals surface area contributed by atoms with Crippen molar-refractivity contribution in [3.05, 3.63) is 0 Å². The molecule has 0 saturated carbocycles. The molecule has 0 saturated heterocycles. The van der Waals surface area contributed by atoms with E-state index in [-0.39, 0.29) is 17.8 Å². The molecule has 0 heterocycles. The molecule has 0 radical (unpaired) electrons. The molecule has 0 fully saturated rings. The summed E-state index contributed by atoms with van der Waals surface area (Å²) in [4.78, 5) is 35.6. The number of nitrogens with one attached hydrogen (secondary N) is 1. The second-order valence-corrected chi connectivity index (χ2v) is 7.26. The predicted octanol–water partition coefficient (Wildman–Crippen LogP) is 3.56. The van der Waals surface area contributed by atoms with Gasteiger partial charge in [0.1, 0.15) is 5.54 Å². The van der Waals surface area contributed by atoms with Crippen molar-refractivity contribution >= 4 is 18.0 Å². The SMILES string of the molecule is CCC(CC)C[C@](C)(NC(=O)O[C@H](OC(=O)C(C)C)C(C)C)C(=O)O. The van der Waals surface area contributed by atoms with E-state index >= 15 is 0 Å². The van der Waals surface area contributed by atoms with Crippen LogP contribution in [0.1, 0.15) is 67.7 Å². The highest BCUT2D eigenvalue weighted by Crippen LogP contribution is 2.23. The zero-order valence-corrected chi connectivity index (χ0v) is 16.4. The van der Waals surface area contributed by atoms with Gasteiger partial charge < -0.3 is 19.9 Å². The van der Waals surface area contributed by atoms with E-state index in [0.717, 1.165) is 12.8 Å². The van der Waals surface area contributed by atoms with Gasteiger partial charge in [-0.3, -0.25) is 4.79 Å². The van der Waals surface area contributed by atoms with Crippen molar-refractivity contribution in [1.82, 2.24) is 5.32 Å². The molecule has 0 aromatic heterocycles. The normalized spacial score (nSPS) is 15.0. The molecule has 0 bridgehead atoms. The molecular formula is C18H33NO6. The third-order valence-electron chi connectivity index (χ3n) is 4.17. The molecule has 1 amide bonds. The summed E-state index contributed by atoms with van der Waals surface area (Å²) in [6.45, 7) is 12.3. The maximum atomic E-state index is 12.2. The summed E-state index contributed by atoms with van der Waals surface area (Å²) >= 11 is 0. The number of carboxylic acids is 1. The fraction of sp³-hybridized carbons (Fsp3) is 0.833. The van der Waals surface area contributed by atoms with Crippen molar-refractivity contribution in [3.8, 4) is 0 Å². The number of hydrogen-bond donors (Lipinski definition) is 2. The number of carbonyl (C=O) groups is 3. The predicted molar refractivity (Wildman–Crippen MR) is 93.9 cm³/mol. The Kier molecular flexibility index (Phi) is 9.52. The van der Waals surface area contributed by atoms with Crippen LogP contribution in [0.5, 0.6) is 0 Å². The lowest BCUT2D eigenvalue weighted by molar-refractivity contribution is -0.179. The zero-order chi connectivity index (χ0) is 19.8. The topological polar surface area (TPSA) is 102 Å². The third-order valence-corrected chi connectivity index (χ3v) is 4.17. The molecular weight excluding hydrogens is 326 g/mol. The van der Waals surface area contributed by atoms with Gasteiger partial charge in [0.2, 0.25) is 0 Å². The van der Waals surface area contributed by atoms with Crippen LogP contribution in [-0.4, -0.2) is 35.0 Å². The van der Waals surface area contributed by atoms with Gasteiger partial charge >= 0.3 is 18.0 Å². The Morgan fingerprint density at radius 1 is 1.04 bits per heavy atom. The van der Waals surface area contributed by atoms with Crippen LogP contribution < -0.4 is 5.32 Å². The molecule has 0 aliphatic carbocycles. The Balaban J connectivity index is 5.04. The van der Waals surface area contributed by atoms with Crippen molar-refractivity contribution in [1.29, 1.82) is 0 Å². The summed E-state index contributed by atoms with van der Waals surface area (Å²) in [5.41, 5.74) is -1.45. The molecule has 2 N–H and O–H groups in total. The molecule has 7 heteroatoms. The van der Waals surface area contributed by atoms with Gasteiger partial charge in [0, 0.05) is 5.92 Å². The first kappa shape index (κ1) is 23.2. The highest BCUT2D eigenvalue weighted by atomic mass is 16.7. The lowest BCUT2D eigenvalue weighted by atomic mass is 9.86. The van der Waals surface area contributed by atoms with Gasteiger partial charge in [-0.15, -0.1) is 0 Å². The van der Waals surface area contributed by atoms with E-state index in [1.807, 2.05) is 13.8 Å². The second-order valence-electron chi connectivity index (χ2n) is 7.26. The van der Waals surface area contributed by atoms with Crippen LogP contribution in [0.4, 0.5) is 4.79 Å². The van der Waals surface area contributed by atoms with Crippen LogP contribution in [0.15, 0.2) is 0 Å². The average molecular weight is 359 g/mol. The second kappa shape index (κ2) is 10.3. The van der Waals surface area contributed by atoms with Gasteiger partial charge in [0.15, 0.2) is 0 Å². The molecule has 0 unspecified atom stereocenters. The quantitative estimate of drug-likeness (QED) is 0.457. The van der Waals surface area contributed by atoms with Crippen LogP contribution in [0.25, 0.3) is 0 Å². The minimum atomic E-state index is -1.45. The largest absolute Gasteiger partial charge is 0.480 e. The van der Waals surface area contributed by atoms with E-state index in [1.165, 1.54) is 6.92 Å². The summed E-state index contributed by atoms with van der Waals surface area (Å²) in [6.07, 6.45) is -0.0529. The Morgan fingerprint density at radius 2 is 1.56 bits per heavy atom. The van der Waals surface area contributed by atoms with Crippen LogP contribution >= 0.6 is 0 Å². The molecule has 0 aliphatic heterocycles. The van der Waals surface area contributed by atoms with Gasteiger partial charge in [0.25, 0.3) is 6.29 Å². The van der Waals surface area contributed by atoms with Crippen molar-refractivity contribution < 1.29 is 29.0 Å². The average Bonchev–Trinajstić information content (AvgIpc) is 2.51. The molecule has 0 aliphatic rings. The molecule has 2 atom stereocenters. The third kappa shape index (κ3) is 7.75. The van der Waals surface area contributed by atoms with Crippen molar-refractivity contribution in [2.75, 3.05) is 0 Å². The zero-order valence-electron chi connectivity index (χ0n) is 16.4. The Bertz CT molecular complexity index is 458. The highest BCUT2D eigenvalue weighted by Gasteiger charge is 2.38. The number of esters is 1. The number of carboxylic acid groups (broad SMARTS) is 1. The first-order valence-corrected chi connectivity index (χ1v) is 8.89. The van der Waals surface area contributed by atoms with Gasteiger partial charge in [-0.2, -0.15) is 0 Å². The summed E-state index contributed by atoms with van der Waals surface area (Å²) in [5.74, 6) is -2.06. The molecule has 0 spiro atoms. The summed E-state index contributed by atoms with van der Waals surface area (Å²) in [7, 11) is 0. The Labute approximate surface area is 150 Å². The maximum Gasteiger partial charge on any atom is 0.411 e. The molecule has 0 rings (SSSR count). The number of carbonyl (C=O) groups excluding carboxylic acids is 2. The minimum Gasteiger partial charge on any atom is -0.480 e. The van der Waals surface area contributed by atoms with E-state index in [1.54, 1.807) is 27.7 Å². The van der Waals surface area contributed by atoms with Crippen LogP contribution in [0.2, 0.25) is 0 Å². The van der Waals surface area contributed by atoms with E-state index in [9.17, 15) is 19.5 Å². The van der Waals surface area contributed by atoms with Crippen LogP contribution in [-0.2, 0) is 19.1 Å².